The number of hydrogen-bond donors (Lipinski definition) is 2. The van der Waals surface area contributed by atoms with E-state index in [1.165, 1.54) is 12.8 Å². The number of morpholine rings is 1. The summed E-state index contributed by atoms with van der Waals surface area (Å²) in [4.78, 5) is 17.2. The van der Waals surface area contributed by atoms with Crippen LogP contribution in [0.5, 0.6) is 5.75 Å². The van der Waals surface area contributed by atoms with Crippen LogP contribution in [-0.4, -0.2) is 63.5 Å². The van der Waals surface area contributed by atoms with Crippen LogP contribution < -0.4 is 20.3 Å². The van der Waals surface area contributed by atoms with Gasteiger partial charge < -0.3 is 25.0 Å². The zero-order valence-electron chi connectivity index (χ0n) is 18.0. The molecule has 7 nitrogen and oxygen atoms in total. The molecule has 166 valence electrons. The standard InChI is InChI=1S/C24H32N4O3/c29-24(26-22-8-1-2-9-23(22)28-10-3-4-11-28)25-19-20-6-5-7-21(18-20)31-17-14-27-12-15-30-16-13-27/h1-2,5-9,18H,3-4,10-17,19H2,(H2,25,26,29). The van der Waals surface area contributed by atoms with Gasteiger partial charge in [-0.2, -0.15) is 0 Å². The number of para-hydroxylation sites is 2. The third kappa shape index (κ3) is 6.35. The highest BCUT2D eigenvalue weighted by atomic mass is 16.5. The van der Waals surface area contributed by atoms with E-state index in [0.29, 0.717) is 13.2 Å². The van der Waals surface area contributed by atoms with E-state index >= 15 is 0 Å². The number of ether oxygens (including phenoxy) is 2. The number of urea groups is 1. The first-order chi connectivity index (χ1) is 15.3. The number of nitrogens with zero attached hydrogens (tertiary/aromatic N) is 2. The number of benzene rings is 2. The Hall–Kier alpha value is -2.77. The maximum atomic E-state index is 12.5. The summed E-state index contributed by atoms with van der Waals surface area (Å²) in [5, 5.41) is 5.96. The summed E-state index contributed by atoms with van der Waals surface area (Å²) in [5.41, 5.74) is 2.94. The minimum atomic E-state index is -0.203. The van der Waals surface area contributed by atoms with Crippen LogP contribution in [0.3, 0.4) is 0 Å². The van der Waals surface area contributed by atoms with Crippen LogP contribution in [0.2, 0.25) is 0 Å². The second kappa shape index (κ2) is 11.0. The predicted octanol–water partition coefficient (Wildman–Crippen LogP) is 3.32. The Morgan fingerprint density at radius 1 is 1.00 bits per heavy atom. The topological polar surface area (TPSA) is 66.1 Å². The van der Waals surface area contributed by atoms with E-state index in [2.05, 4.69) is 26.5 Å². The smallest absolute Gasteiger partial charge is 0.319 e. The maximum absolute atomic E-state index is 12.5. The van der Waals surface area contributed by atoms with E-state index < -0.39 is 0 Å². The fraction of sp³-hybridized carbons (Fsp3) is 0.458. The monoisotopic (exact) mass is 424 g/mol. The number of carbonyl (C=O) groups excluding carboxylic acids is 1. The highest BCUT2D eigenvalue weighted by molar-refractivity contribution is 5.93. The van der Waals surface area contributed by atoms with Gasteiger partial charge in [-0.25, -0.2) is 4.79 Å². The molecule has 2 amide bonds. The lowest BCUT2D eigenvalue weighted by atomic mass is 10.2. The van der Waals surface area contributed by atoms with Gasteiger partial charge in [0.2, 0.25) is 0 Å². The molecule has 0 aromatic heterocycles. The zero-order valence-corrected chi connectivity index (χ0v) is 18.0. The first-order valence-corrected chi connectivity index (χ1v) is 11.2. The quantitative estimate of drug-likeness (QED) is 0.681. The Kier molecular flexibility index (Phi) is 7.63. The maximum Gasteiger partial charge on any atom is 0.319 e. The molecule has 0 aliphatic carbocycles. The van der Waals surface area contributed by atoms with Gasteiger partial charge in [-0.1, -0.05) is 24.3 Å². The van der Waals surface area contributed by atoms with Crippen molar-refractivity contribution in [1.29, 1.82) is 0 Å². The lowest BCUT2D eigenvalue weighted by molar-refractivity contribution is 0.0322. The lowest BCUT2D eigenvalue weighted by Crippen LogP contribution is -2.38. The number of amides is 2. The van der Waals surface area contributed by atoms with E-state index in [1.807, 2.05) is 42.5 Å². The highest BCUT2D eigenvalue weighted by Gasteiger charge is 2.16. The van der Waals surface area contributed by atoms with Crippen molar-refractivity contribution in [2.45, 2.75) is 19.4 Å². The van der Waals surface area contributed by atoms with Crippen molar-refractivity contribution in [3.05, 3.63) is 54.1 Å². The summed E-state index contributed by atoms with van der Waals surface area (Å²) in [5.74, 6) is 0.826. The average molecular weight is 425 g/mol. The van der Waals surface area contributed by atoms with Gasteiger partial charge in [0.05, 0.1) is 24.6 Å². The fourth-order valence-corrected chi connectivity index (χ4v) is 4.02. The molecule has 2 saturated heterocycles. The van der Waals surface area contributed by atoms with Crippen molar-refractivity contribution < 1.29 is 14.3 Å². The highest BCUT2D eigenvalue weighted by Crippen LogP contribution is 2.28. The molecule has 0 unspecified atom stereocenters. The van der Waals surface area contributed by atoms with Crippen LogP contribution in [0.15, 0.2) is 48.5 Å². The summed E-state index contributed by atoms with van der Waals surface area (Å²) >= 11 is 0. The largest absolute Gasteiger partial charge is 0.492 e. The molecule has 0 atom stereocenters. The summed E-state index contributed by atoms with van der Waals surface area (Å²) < 4.78 is 11.3. The summed E-state index contributed by atoms with van der Waals surface area (Å²) in [6, 6.07) is 15.7. The predicted molar refractivity (Wildman–Crippen MR) is 123 cm³/mol. The van der Waals surface area contributed by atoms with Crippen molar-refractivity contribution in [3.63, 3.8) is 0 Å². The second-order valence-corrected chi connectivity index (χ2v) is 7.97. The molecule has 31 heavy (non-hydrogen) atoms. The molecule has 2 aliphatic heterocycles. The van der Waals surface area contributed by atoms with Crippen molar-refractivity contribution in [2.24, 2.45) is 0 Å². The van der Waals surface area contributed by atoms with Crippen LogP contribution >= 0.6 is 0 Å². The number of nitrogens with one attached hydrogen (secondary N) is 2. The second-order valence-electron chi connectivity index (χ2n) is 7.97. The SMILES string of the molecule is O=C(NCc1cccc(OCCN2CCOCC2)c1)Nc1ccccc1N1CCCC1. The molecule has 0 saturated carbocycles. The van der Waals surface area contributed by atoms with E-state index in [-0.39, 0.29) is 6.03 Å². The minimum absolute atomic E-state index is 0.203. The molecular weight excluding hydrogens is 392 g/mol. The molecule has 4 rings (SSSR count). The zero-order chi connectivity index (χ0) is 21.3. The van der Waals surface area contributed by atoms with Gasteiger partial charge >= 0.3 is 6.03 Å². The van der Waals surface area contributed by atoms with E-state index in [9.17, 15) is 4.79 Å². The van der Waals surface area contributed by atoms with E-state index in [0.717, 1.165) is 68.6 Å². The Balaban J connectivity index is 1.24. The van der Waals surface area contributed by atoms with Gasteiger partial charge in [-0.05, 0) is 42.7 Å². The first-order valence-electron chi connectivity index (χ1n) is 11.2. The Bertz CT molecular complexity index is 848. The van der Waals surface area contributed by atoms with Crippen LogP contribution in [0.1, 0.15) is 18.4 Å². The fourth-order valence-electron chi connectivity index (χ4n) is 4.02. The molecule has 2 heterocycles. The molecule has 2 fully saturated rings. The summed E-state index contributed by atoms with van der Waals surface area (Å²) in [6.07, 6.45) is 2.40. The van der Waals surface area contributed by atoms with Crippen LogP contribution in [-0.2, 0) is 11.3 Å². The van der Waals surface area contributed by atoms with E-state index in [4.69, 9.17) is 9.47 Å². The number of rotatable bonds is 8. The van der Waals surface area contributed by atoms with Crippen molar-refractivity contribution in [1.82, 2.24) is 10.2 Å². The van der Waals surface area contributed by atoms with Gasteiger partial charge in [0.25, 0.3) is 0 Å². The summed E-state index contributed by atoms with van der Waals surface area (Å²) in [7, 11) is 0. The molecule has 2 aliphatic rings. The number of hydrogen-bond acceptors (Lipinski definition) is 5. The Morgan fingerprint density at radius 3 is 2.65 bits per heavy atom. The van der Waals surface area contributed by atoms with Crippen LogP contribution in [0.4, 0.5) is 16.2 Å². The molecule has 0 bridgehead atoms. The number of carbonyl (C=O) groups is 1. The third-order valence-electron chi connectivity index (χ3n) is 5.73. The van der Waals surface area contributed by atoms with Crippen molar-refractivity contribution >= 4 is 17.4 Å². The molecule has 7 heteroatoms. The van der Waals surface area contributed by atoms with Crippen LogP contribution in [0, 0.1) is 0 Å². The van der Waals surface area contributed by atoms with Gasteiger partial charge in [0.15, 0.2) is 0 Å². The number of anilines is 2. The molecule has 2 N–H and O–H groups in total. The Morgan fingerprint density at radius 2 is 1.81 bits per heavy atom. The first kappa shape index (κ1) is 21.5. The van der Waals surface area contributed by atoms with Gasteiger partial charge in [0, 0.05) is 39.3 Å². The molecule has 2 aromatic carbocycles. The van der Waals surface area contributed by atoms with Crippen molar-refractivity contribution in [3.8, 4) is 5.75 Å². The third-order valence-corrected chi connectivity index (χ3v) is 5.73. The van der Waals surface area contributed by atoms with Gasteiger partial charge in [-0.3, -0.25) is 4.90 Å². The molecule has 2 aromatic rings. The molecular formula is C24H32N4O3. The van der Waals surface area contributed by atoms with Crippen LogP contribution in [0.25, 0.3) is 0 Å². The summed E-state index contributed by atoms with van der Waals surface area (Å²) in [6.45, 7) is 7.58. The van der Waals surface area contributed by atoms with Crippen molar-refractivity contribution in [2.75, 3.05) is 62.8 Å². The normalized spacial score (nSPS) is 16.8. The lowest BCUT2D eigenvalue weighted by Gasteiger charge is -2.26. The van der Waals surface area contributed by atoms with E-state index in [1.54, 1.807) is 0 Å². The van der Waals surface area contributed by atoms with Gasteiger partial charge in [-0.15, -0.1) is 0 Å². The van der Waals surface area contributed by atoms with Gasteiger partial charge in [0.1, 0.15) is 12.4 Å². The average Bonchev–Trinajstić information content (AvgIpc) is 3.34. The molecule has 0 spiro atoms. The Labute approximate surface area is 184 Å². The molecule has 0 radical (unpaired) electrons. The minimum Gasteiger partial charge on any atom is -0.492 e.